The van der Waals surface area contributed by atoms with Gasteiger partial charge in [0.2, 0.25) is 0 Å². The zero-order chi connectivity index (χ0) is 13.4. The molecule has 0 amide bonds. The van der Waals surface area contributed by atoms with Crippen molar-refractivity contribution in [3.05, 3.63) is 23.8 Å². The van der Waals surface area contributed by atoms with E-state index in [1.54, 1.807) is 0 Å². The summed E-state index contributed by atoms with van der Waals surface area (Å²) in [5.41, 5.74) is 8.81. The van der Waals surface area contributed by atoms with Crippen molar-refractivity contribution < 1.29 is 0 Å². The Morgan fingerprint density at radius 3 is 2.89 bits per heavy atom. The predicted octanol–water partition coefficient (Wildman–Crippen LogP) is 2.59. The van der Waals surface area contributed by atoms with E-state index in [4.69, 9.17) is 5.73 Å². The molecule has 2 aromatic rings. The van der Waals surface area contributed by atoms with Crippen molar-refractivity contribution in [1.29, 1.82) is 0 Å². The van der Waals surface area contributed by atoms with Gasteiger partial charge in [0.05, 0.1) is 6.04 Å². The van der Waals surface area contributed by atoms with E-state index in [9.17, 15) is 0 Å². The third kappa shape index (κ3) is 2.09. The lowest BCUT2D eigenvalue weighted by atomic mass is 10.0. The van der Waals surface area contributed by atoms with Gasteiger partial charge < -0.3 is 5.73 Å². The van der Waals surface area contributed by atoms with Crippen LogP contribution in [-0.4, -0.2) is 20.2 Å². The van der Waals surface area contributed by atoms with Gasteiger partial charge in [0.25, 0.3) is 0 Å². The van der Waals surface area contributed by atoms with Gasteiger partial charge in [0, 0.05) is 11.3 Å². The van der Waals surface area contributed by atoms with Crippen molar-refractivity contribution in [2.45, 2.75) is 39.2 Å². The van der Waals surface area contributed by atoms with Crippen LogP contribution >= 0.6 is 0 Å². The van der Waals surface area contributed by atoms with Gasteiger partial charge in [0.1, 0.15) is 0 Å². The molecule has 1 saturated carbocycles. The minimum absolute atomic E-state index is 0.408. The minimum atomic E-state index is 0.408. The molecular weight excluding hydrogens is 238 g/mol. The van der Waals surface area contributed by atoms with Crippen molar-refractivity contribution in [1.82, 2.24) is 20.2 Å². The number of aromatic nitrogens is 4. The van der Waals surface area contributed by atoms with E-state index in [-0.39, 0.29) is 0 Å². The molecule has 0 radical (unpaired) electrons. The van der Waals surface area contributed by atoms with E-state index >= 15 is 0 Å². The van der Waals surface area contributed by atoms with Gasteiger partial charge in [-0.2, -0.15) is 0 Å². The Balaban J connectivity index is 2.06. The number of aryl methyl sites for hydroxylation is 1. The summed E-state index contributed by atoms with van der Waals surface area (Å²) in [5, 5.41) is 12.3. The summed E-state index contributed by atoms with van der Waals surface area (Å²) in [6, 6.07) is 6.29. The standard InChI is InChI=1S/C14H19N5/c1-9-6-7-11(15)8-12(9)14-16-17-18-19(14)13-5-3-4-10(13)2/h6-8,10,13H,3-5,15H2,1-2H3. The Labute approximate surface area is 112 Å². The smallest absolute Gasteiger partial charge is 0.182 e. The Morgan fingerprint density at radius 1 is 1.32 bits per heavy atom. The first-order valence-corrected chi connectivity index (χ1v) is 6.81. The first-order valence-electron chi connectivity index (χ1n) is 6.81. The van der Waals surface area contributed by atoms with E-state index in [2.05, 4.69) is 29.4 Å². The number of benzene rings is 1. The highest BCUT2D eigenvalue weighted by atomic mass is 15.6. The zero-order valence-electron chi connectivity index (χ0n) is 11.4. The quantitative estimate of drug-likeness (QED) is 0.839. The number of hydrogen-bond donors (Lipinski definition) is 1. The molecule has 2 atom stereocenters. The molecule has 1 aromatic carbocycles. The molecule has 0 spiro atoms. The molecule has 3 rings (SSSR count). The number of rotatable bonds is 2. The number of nitrogen functional groups attached to an aromatic ring is 1. The van der Waals surface area contributed by atoms with Gasteiger partial charge in [-0.1, -0.05) is 19.4 Å². The fourth-order valence-electron chi connectivity index (χ4n) is 2.96. The average Bonchev–Trinajstić information content (AvgIpc) is 3.00. The third-order valence-electron chi connectivity index (χ3n) is 4.13. The summed E-state index contributed by atoms with van der Waals surface area (Å²) in [6.45, 7) is 4.33. The highest BCUT2D eigenvalue weighted by Crippen LogP contribution is 2.37. The van der Waals surface area contributed by atoms with Crippen LogP contribution in [0.4, 0.5) is 5.69 Å². The fourth-order valence-corrected chi connectivity index (χ4v) is 2.96. The molecule has 2 N–H and O–H groups in total. The summed E-state index contributed by atoms with van der Waals surface area (Å²) in [6.07, 6.45) is 3.65. The highest BCUT2D eigenvalue weighted by Gasteiger charge is 2.28. The first kappa shape index (κ1) is 12.1. The second kappa shape index (κ2) is 4.64. The summed E-state index contributed by atoms with van der Waals surface area (Å²) in [7, 11) is 0. The molecule has 1 fully saturated rings. The lowest BCUT2D eigenvalue weighted by molar-refractivity contribution is 0.370. The maximum atomic E-state index is 5.89. The van der Waals surface area contributed by atoms with Crippen LogP contribution in [0.2, 0.25) is 0 Å². The molecule has 1 aromatic heterocycles. The van der Waals surface area contributed by atoms with Crippen LogP contribution < -0.4 is 5.73 Å². The van der Waals surface area contributed by atoms with Crippen LogP contribution in [0.3, 0.4) is 0 Å². The van der Waals surface area contributed by atoms with Crippen LogP contribution in [-0.2, 0) is 0 Å². The molecule has 1 aliphatic carbocycles. The van der Waals surface area contributed by atoms with E-state index in [1.165, 1.54) is 12.8 Å². The molecule has 2 unspecified atom stereocenters. The molecular formula is C14H19N5. The summed E-state index contributed by atoms with van der Waals surface area (Å²) in [4.78, 5) is 0. The van der Waals surface area contributed by atoms with E-state index in [0.29, 0.717) is 12.0 Å². The molecule has 0 bridgehead atoms. The highest BCUT2D eigenvalue weighted by molar-refractivity contribution is 5.65. The van der Waals surface area contributed by atoms with E-state index < -0.39 is 0 Å². The topological polar surface area (TPSA) is 69.6 Å². The number of anilines is 1. The number of nitrogens with zero attached hydrogens (tertiary/aromatic N) is 4. The summed E-state index contributed by atoms with van der Waals surface area (Å²) in [5.74, 6) is 1.46. The van der Waals surface area contributed by atoms with Crippen LogP contribution in [0.1, 0.15) is 37.8 Å². The van der Waals surface area contributed by atoms with Gasteiger partial charge in [-0.15, -0.1) is 5.10 Å². The van der Waals surface area contributed by atoms with Crippen LogP contribution in [0, 0.1) is 12.8 Å². The summed E-state index contributed by atoms with van der Waals surface area (Å²) >= 11 is 0. The SMILES string of the molecule is Cc1ccc(N)cc1-c1nnnn1C1CCCC1C. The molecule has 0 aliphatic heterocycles. The Morgan fingerprint density at radius 2 is 2.16 bits per heavy atom. The van der Waals surface area contributed by atoms with Crippen molar-refractivity contribution in [3.63, 3.8) is 0 Å². The number of tetrazole rings is 1. The Kier molecular flexibility index (Phi) is 2.97. The van der Waals surface area contributed by atoms with Gasteiger partial charge >= 0.3 is 0 Å². The average molecular weight is 257 g/mol. The lowest BCUT2D eigenvalue weighted by Crippen LogP contribution is -2.15. The van der Waals surface area contributed by atoms with Gasteiger partial charge in [-0.3, -0.25) is 0 Å². The second-order valence-corrected chi connectivity index (χ2v) is 5.50. The molecule has 1 heterocycles. The second-order valence-electron chi connectivity index (χ2n) is 5.50. The van der Waals surface area contributed by atoms with Crippen molar-refractivity contribution in [2.24, 2.45) is 5.92 Å². The maximum Gasteiger partial charge on any atom is 0.182 e. The Bertz CT molecular complexity index is 589. The molecule has 1 aliphatic rings. The van der Waals surface area contributed by atoms with E-state index in [1.807, 2.05) is 22.9 Å². The monoisotopic (exact) mass is 257 g/mol. The molecule has 5 nitrogen and oxygen atoms in total. The van der Waals surface area contributed by atoms with Crippen molar-refractivity contribution in [3.8, 4) is 11.4 Å². The maximum absolute atomic E-state index is 5.89. The van der Waals surface area contributed by atoms with Gasteiger partial charge in [-0.25, -0.2) is 4.68 Å². The zero-order valence-corrected chi connectivity index (χ0v) is 11.4. The van der Waals surface area contributed by atoms with Crippen LogP contribution in [0.5, 0.6) is 0 Å². The summed E-state index contributed by atoms with van der Waals surface area (Å²) < 4.78 is 1.99. The number of nitrogens with two attached hydrogens (primary N) is 1. The molecule has 100 valence electrons. The largest absolute Gasteiger partial charge is 0.399 e. The van der Waals surface area contributed by atoms with Gasteiger partial charge in [0.15, 0.2) is 5.82 Å². The molecule has 0 saturated heterocycles. The fraction of sp³-hybridized carbons (Fsp3) is 0.500. The minimum Gasteiger partial charge on any atom is -0.399 e. The van der Waals surface area contributed by atoms with Crippen molar-refractivity contribution in [2.75, 3.05) is 5.73 Å². The van der Waals surface area contributed by atoms with Crippen LogP contribution in [0.15, 0.2) is 18.2 Å². The van der Waals surface area contributed by atoms with Crippen molar-refractivity contribution >= 4 is 5.69 Å². The number of hydrogen-bond acceptors (Lipinski definition) is 4. The van der Waals surface area contributed by atoms with Crippen LogP contribution in [0.25, 0.3) is 11.4 Å². The normalized spacial score (nSPS) is 22.8. The molecule has 19 heavy (non-hydrogen) atoms. The Hall–Kier alpha value is -1.91. The third-order valence-corrected chi connectivity index (χ3v) is 4.13. The van der Waals surface area contributed by atoms with Gasteiger partial charge in [-0.05, 0) is 53.8 Å². The first-order chi connectivity index (χ1) is 9.16. The lowest BCUT2D eigenvalue weighted by Gasteiger charge is -2.17. The predicted molar refractivity (Wildman–Crippen MR) is 74.5 cm³/mol. The molecule has 5 heteroatoms. The van der Waals surface area contributed by atoms with E-state index in [0.717, 1.165) is 29.1 Å².